The van der Waals surface area contributed by atoms with Gasteiger partial charge in [-0.05, 0) is 61.5 Å². The van der Waals surface area contributed by atoms with Crippen molar-refractivity contribution < 1.29 is 23.5 Å². The van der Waals surface area contributed by atoms with Gasteiger partial charge in [-0.15, -0.1) is 0 Å². The second-order valence-electron chi connectivity index (χ2n) is 6.54. The van der Waals surface area contributed by atoms with Crippen LogP contribution in [0.4, 0.5) is 4.39 Å². The summed E-state index contributed by atoms with van der Waals surface area (Å²) in [5.74, 6) is -1.04. The van der Waals surface area contributed by atoms with Gasteiger partial charge in [0.15, 0.2) is 5.76 Å². The van der Waals surface area contributed by atoms with Gasteiger partial charge in [-0.25, -0.2) is 9.18 Å². The molecule has 3 aromatic rings. The Hall–Kier alpha value is -2.96. The fraction of sp³-hybridized carbons (Fsp3) is 0.0435. The number of ether oxygens (including phenoxy) is 2. The van der Waals surface area contributed by atoms with Crippen LogP contribution < -0.4 is 9.47 Å². The van der Waals surface area contributed by atoms with Crippen molar-refractivity contribution in [3.05, 3.63) is 97.9 Å². The molecule has 0 amide bonds. The van der Waals surface area contributed by atoms with Crippen molar-refractivity contribution in [3.63, 3.8) is 0 Å². The Kier molecular flexibility index (Phi) is 5.45. The van der Waals surface area contributed by atoms with E-state index in [0.717, 1.165) is 4.47 Å². The molecule has 0 saturated heterocycles. The number of esters is 1. The summed E-state index contributed by atoms with van der Waals surface area (Å²) in [4.78, 5) is 25.1. The summed E-state index contributed by atoms with van der Waals surface area (Å²) in [5, 5.41) is 0.163. The number of Topliss-reactive ketones (excluding diaryl/α,β-unsaturated/α-hetero) is 1. The van der Waals surface area contributed by atoms with Crippen molar-refractivity contribution in [2.45, 2.75) is 6.92 Å². The van der Waals surface area contributed by atoms with Crippen LogP contribution in [0.15, 0.2) is 64.8 Å². The molecule has 0 radical (unpaired) electrons. The van der Waals surface area contributed by atoms with Crippen LogP contribution in [0.3, 0.4) is 0 Å². The van der Waals surface area contributed by atoms with Gasteiger partial charge >= 0.3 is 5.97 Å². The Morgan fingerprint density at radius 2 is 1.87 bits per heavy atom. The Bertz CT molecular complexity index is 1200. The van der Waals surface area contributed by atoms with Crippen molar-refractivity contribution in [2.75, 3.05) is 0 Å². The average molecular weight is 488 g/mol. The molecule has 0 unspecified atom stereocenters. The van der Waals surface area contributed by atoms with E-state index in [1.54, 1.807) is 31.2 Å². The second kappa shape index (κ2) is 8.05. The molecule has 0 atom stereocenters. The number of ketones is 1. The van der Waals surface area contributed by atoms with Crippen molar-refractivity contribution in [1.29, 1.82) is 0 Å². The highest BCUT2D eigenvalue weighted by molar-refractivity contribution is 9.10. The van der Waals surface area contributed by atoms with Gasteiger partial charge in [-0.1, -0.05) is 33.6 Å². The van der Waals surface area contributed by atoms with Crippen LogP contribution in [0.2, 0.25) is 5.02 Å². The van der Waals surface area contributed by atoms with E-state index in [-0.39, 0.29) is 27.8 Å². The van der Waals surface area contributed by atoms with E-state index in [1.807, 2.05) is 0 Å². The van der Waals surface area contributed by atoms with Gasteiger partial charge in [0, 0.05) is 15.6 Å². The number of fused-ring (bicyclic) bond motifs is 1. The molecule has 0 N–H and O–H groups in total. The lowest BCUT2D eigenvalue weighted by atomic mass is 10.1. The Balaban J connectivity index is 1.64. The summed E-state index contributed by atoms with van der Waals surface area (Å²) in [6.45, 7) is 1.68. The molecule has 1 aliphatic heterocycles. The van der Waals surface area contributed by atoms with Crippen molar-refractivity contribution in [2.24, 2.45) is 0 Å². The van der Waals surface area contributed by atoms with Gasteiger partial charge in [-0.3, -0.25) is 4.79 Å². The molecular weight excluding hydrogens is 475 g/mol. The van der Waals surface area contributed by atoms with E-state index in [2.05, 4.69) is 15.9 Å². The zero-order chi connectivity index (χ0) is 21.4. The first-order valence-corrected chi connectivity index (χ1v) is 10.0. The smallest absolute Gasteiger partial charge is 0.343 e. The van der Waals surface area contributed by atoms with E-state index in [4.69, 9.17) is 21.1 Å². The van der Waals surface area contributed by atoms with Crippen LogP contribution >= 0.6 is 27.5 Å². The van der Waals surface area contributed by atoms with E-state index < -0.39 is 17.6 Å². The van der Waals surface area contributed by atoms with Gasteiger partial charge in [0.25, 0.3) is 0 Å². The lowest BCUT2D eigenvalue weighted by Gasteiger charge is -2.10. The molecule has 4 rings (SSSR count). The minimum Gasteiger partial charge on any atom is -0.452 e. The van der Waals surface area contributed by atoms with Crippen molar-refractivity contribution in [3.8, 4) is 11.5 Å². The molecule has 0 spiro atoms. The summed E-state index contributed by atoms with van der Waals surface area (Å²) >= 11 is 9.35. The molecule has 7 heteroatoms. The number of hydrogen-bond donors (Lipinski definition) is 0. The first-order valence-electron chi connectivity index (χ1n) is 8.85. The van der Waals surface area contributed by atoms with Gasteiger partial charge in [0.1, 0.15) is 17.3 Å². The van der Waals surface area contributed by atoms with Crippen LogP contribution in [0, 0.1) is 12.7 Å². The lowest BCUT2D eigenvalue weighted by Crippen LogP contribution is -2.09. The van der Waals surface area contributed by atoms with Crippen LogP contribution in [0.25, 0.3) is 6.08 Å². The standard InChI is InChI=1S/C23H13BrClFO4/c1-12-19(30-23(28)13-5-7-14(24)8-6-13)10-9-15-21(27)20(29-22(12)15)11-16-17(25)3-2-4-18(16)26/h2-11H,1H3/b20-11-. The largest absolute Gasteiger partial charge is 0.452 e. The normalized spacial score (nSPS) is 13.9. The average Bonchev–Trinajstić information content (AvgIpc) is 3.04. The van der Waals surface area contributed by atoms with Gasteiger partial charge in [-0.2, -0.15) is 0 Å². The second-order valence-corrected chi connectivity index (χ2v) is 7.86. The predicted octanol–water partition coefficient (Wildman–Crippen LogP) is 6.39. The highest BCUT2D eigenvalue weighted by atomic mass is 79.9. The predicted molar refractivity (Wildman–Crippen MR) is 115 cm³/mol. The summed E-state index contributed by atoms with van der Waals surface area (Å²) in [6.07, 6.45) is 1.27. The molecule has 3 aromatic carbocycles. The highest BCUT2D eigenvalue weighted by Crippen LogP contribution is 2.40. The number of carbonyl (C=O) groups is 2. The Morgan fingerprint density at radius 1 is 1.13 bits per heavy atom. The van der Waals surface area contributed by atoms with Crippen molar-refractivity contribution in [1.82, 2.24) is 0 Å². The van der Waals surface area contributed by atoms with Gasteiger partial charge in [0.2, 0.25) is 5.78 Å². The molecule has 0 fully saturated rings. The maximum atomic E-state index is 14.1. The third kappa shape index (κ3) is 3.76. The summed E-state index contributed by atoms with van der Waals surface area (Å²) < 4.78 is 26.1. The van der Waals surface area contributed by atoms with Crippen LogP contribution in [0.1, 0.15) is 31.8 Å². The quantitative estimate of drug-likeness (QED) is 0.244. The number of allylic oxidation sites excluding steroid dienone is 1. The van der Waals surface area contributed by atoms with Crippen molar-refractivity contribution >= 4 is 45.4 Å². The maximum absolute atomic E-state index is 14.1. The minimum absolute atomic E-state index is 0.0588. The van der Waals surface area contributed by atoms with E-state index in [0.29, 0.717) is 16.7 Å². The van der Waals surface area contributed by atoms with E-state index >= 15 is 0 Å². The first-order chi connectivity index (χ1) is 14.3. The molecule has 1 heterocycles. The molecule has 0 aromatic heterocycles. The molecule has 1 aliphatic rings. The highest BCUT2D eigenvalue weighted by Gasteiger charge is 2.31. The Labute approximate surface area is 185 Å². The summed E-state index contributed by atoms with van der Waals surface area (Å²) in [7, 11) is 0. The van der Waals surface area contributed by atoms with Gasteiger partial charge < -0.3 is 9.47 Å². The third-order valence-electron chi connectivity index (χ3n) is 4.59. The summed E-state index contributed by atoms with van der Waals surface area (Å²) in [6, 6.07) is 14.0. The van der Waals surface area contributed by atoms with Crippen LogP contribution in [-0.2, 0) is 0 Å². The lowest BCUT2D eigenvalue weighted by molar-refractivity contribution is 0.0733. The monoisotopic (exact) mass is 486 g/mol. The van der Waals surface area contributed by atoms with Gasteiger partial charge in [0.05, 0.1) is 16.1 Å². The summed E-state index contributed by atoms with van der Waals surface area (Å²) in [5.41, 5.74) is 1.23. The number of carbonyl (C=O) groups excluding carboxylic acids is 2. The molecule has 4 nitrogen and oxygen atoms in total. The SMILES string of the molecule is Cc1c(OC(=O)c2ccc(Br)cc2)ccc2c1O/C(=C\c1c(F)cccc1Cl)C2=O. The molecule has 0 aliphatic carbocycles. The molecule has 150 valence electrons. The zero-order valence-electron chi connectivity index (χ0n) is 15.5. The molecule has 30 heavy (non-hydrogen) atoms. The van der Waals surface area contributed by atoms with Crippen LogP contribution in [0.5, 0.6) is 11.5 Å². The van der Waals surface area contributed by atoms with Crippen LogP contribution in [-0.4, -0.2) is 11.8 Å². The number of hydrogen-bond acceptors (Lipinski definition) is 4. The van der Waals surface area contributed by atoms with E-state index in [9.17, 15) is 14.0 Å². The first kappa shape index (κ1) is 20.3. The third-order valence-corrected chi connectivity index (χ3v) is 5.45. The Morgan fingerprint density at radius 3 is 2.57 bits per heavy atom. The fourth-order valence-electron chi connectivity index (χ4n) is 3.00. The number of benzene rings is 3. The van der Waals surface area contributed by atoms with E-state index in [1.165, 1.54) is 36.4 Å². The molecule has 0 bridgehead atoms. The number of halogens is 3. The molecule has 0 saturated carbocycles. The zero-order valence-corrected chi connectivity index (χ0v) is 17.9. The number of rotatable bonds is 3. The fourth-order valence-corrected chi connectivity index (χ4v) is 3.48. The maximum Gasteiger partial charge on any atom is 0.343 e. The minimum atomic E-state index is -0.566. The topological polar surface area (TPSA) is 52.6 Å². The molecular formula is C23H13BrClFO4.